The van der Waals surface area contributed by atoms with Gasteiger partial charge in [0.25, 0.3) is 0 Å². The van der Waals surface area contributed by atoms with Crippen LogP contribution >= 0.6 is 0 Å². The van der Waals surface area contributed by atoms with Crippen LogP contribution in [0.15, 0.2) is 128 Å². The number of nitrogens with zero attached hydrogens (tertiary/aromatic N) is 6. The number of aliphatic hydroxyl groups is 2. The van der Waals surface area contributed by atoms with Gasteiger partial charge in [-0.2, -0.15) is 30.7 Å². The third kappa shape index (κ3) is 9.99. The Hall–Kier alpha value is -4.80. The molecular formula is C32H36N8O2. The van der Waals surface area contributed by atoms with Crippen molar-refractivity contribution in [3.63, 3.8) is 0 Å². The molecule has 0 saturated carbocycles. The molecule has 4 aromatic rings. The van der Waals surface area contributed by atoms with Crippen LogP contribution in [0.25, 0.3) is 0 Å². The molecule has 0 saturated heterocycles. The van der Waals surface area contributed by atoms with Gasteiger partial charge >= 0.3 is 0 Å². The number of aliphatic hydroxyl groups excluding tert-OH is 2. The van der Waals surface area contributed by atoms with E-state index in [0.717, 1.165) is 24.2 Å². The third-order valence-electron chi connectivity index (χ3n) is 6.07. The van der Waals surface area contributed by atoms with E-state index in [1.165, 1.54) is 0 Å². The molecule has 0 aliphatic carbocycles. The van der Waals surface area contributed by atoms with Crippen molar-refractivity contribution in [3.8, 4) is 0 Å². The quantitative estimate of drug-likeness (QED) is 0.0893. The zero-order valence-electron chi connectivity index (χ0n) is 23.8. The van der Waals surface area contributed by atoms with Gasteiger partial charge in [0.05, 0.1) is 34.1 Å². The van der Waals surface area contributed by atoms with Crippen molar-refractivity contribution in [1.29, 1.82) is 0 Å². The SMILES string of the molecule is CCCC(O)Nc1ccc(N=Nc2ccc(N=Nc3ccc(N=Nc4ccc(NC(O)CCC)cc4)cc3)cc2)cc1. The van der Waals surface area contributed by atoms with Gasteiger partial charge in [0.1, 0.15) is 12.5 Å². The molecule has 0 heterocycles. The number of hydrogen-bond acceptors (Lipinski definition) is 10. The predicted molar refractivity (Wildman–Crippen MR) is 167 cm³/mol. The molecule has 0 spiro atoms. The van der Waals surface area contributed by atoms with E-state index in [1.807, 2.05) is 111 Å². The molecule has 4 rings (SSSR count). The maximum Gasteiger partial charge on any atom is 0.124 e. The van der Waals surface area contributed by atoms with Crippen molar-refractivity contribution in [3.05, 3.63) is 97.1 Å². The second-order valence-corrected chi connectivity index (χ2v) is 9.62. The van der Waals surface area contributed by atoms with Gasteiger partial charge in [-0.3, -0.25) is 0 Å². The van der Waals surface area contributed by atoms with Crippen LogP contribution in [0.3, 0.4) is 0 Å². The Morgan fingerprint density at radius 1 is 0.429 bits per heavy atom. The summed E-state index contributed by atoms with van der Waals surface area (Å²) in [6.07, 6.45) is 2.09. The van der Waals surface area contributed by atoms with Gasteiger partial charge in [0, 0.05) is 11.4 Å². The van der Waals surface area contributed by atoms with Gasteiger partial charge in [-0.25, -0.2) is 0 Å². The minimum atomic E-state index is -0.556. The number of hydrogen-bond donors (Lipinski definition) is 4. The molecule has 42 heavy (non-hydrogen) atoms. The molecule has 10 nitrogen and oxygen atoms in total. The van der Waals surface area contributed by atoms with Gasteiger partial charge < -0.3 is 20.8 Å². The first-order valence-electron chi connectivity index (χ1n) is 14.1. The van der Waals surface area contributed by atoms with Gasteiger partial charge in [-0.05, 0) is 110 Å². The van der Waals surface area contributed by atoms with Gasteiger partial charge in [-0.1, -0.05) is 26.7 Å². The van der Waals surface area contributed by atoms with Crippen LogP contribution in [-0.4, -0.2) is 22.7 Å². The van der Waals surface area contributed by atoms with E-state index in [2.05, 4.69) is 41.3 Å². The Morgan fingerprint density at radius 2 is 0.643 bits per heavy atom. The van der Waals surface area contributed by atoms with E-state index in [4.69, 9.17) is 0 Å². The first-order valence-corrected chi connectivity index (χ1v) is 14.1. The Bertz CT molecular complexity index is 1340. The lowest BCUT2D eigenvalue weighted by atomic mass is 10.2. The van der Waals surface area contributed by atoms with E-state index in [-0.39, 0.29) is 0 Å². The zero-order chi connectivity index (χ0) is 29.6. The largest absolute Gasteiger partial charge is 0.374 e. The number of anilines is 2. The number of azo groups is 3. The smallest absolute Gasteiger partial charge is 0.124 e. The van der Waals surface area contributed by atoms with E-state index in [9.17, 15) is 10.2 Å². The summed E-state index contributed by atoms with van der Waals surface area (Å²) in [4.78, 5) is 0. The molecule has 0 radical (unpaired) electrons. The maximum absolute atomic E-state index is 9.87. The molecule has 4 aromatic carbocycles. The monoisotopic (exact) mass is 564 g/mol. The summed E-state index contributed by atoms with van der Waals surface area (Å²) >= 11 is 0. The van der Waals surface area contributed by atoms with Crippen molar-refractivity contribution in [2.24, 2.45) is 30.7 Å². The van der Waals surface area contributed by atoms with Crippen molar-refractivity contribution < 1.29 is 10.2 Å². The molecule has 0 bridgehead atoms. The Morgan fingerprint density at radius 3 is 0.857 bits per heavy atom. The lowest BCUT2D eigenvalue weighted by Gasteiger charge is -2.12. The van der Waals surface area contributed by atoms with E-state index >= 15 is 0 Å². The average molecular weight is 565 g/mol. The minimum absolute atomic E-state index is 0.556. The molecule has 0 fully saturated rings. The molecule has 216 valence electrons. The van der Waals surface area contributed by atoms with Gasteiger partial charge in [0.15, 0.2) is 0 Å². The zero-order valence-corrected chi connectivity index (χ0v) is 23.8. The van der Waals surface area contributed by atoms with Crippen molar-refractivity contribution >= 4 is 45.5 Å². The highest BCUT2D eigenvalue weighted by Crippen LogP contribution is 2.26. The summed E-state index contributed by atoms with van der Waals surface area (Å²) < 4.78 is 0. The average Bonchev–Trinajstić information content (AvgIpc) is 3.00. The molecule has 2 atom stereocenters. The fraction of sp³-hybridized carbons (Fsp3) is 0.250. The highest BCUT2D eigenvalue weighted by atomic mass is 16.3. The molecular weight excluding hydrogens is 528 g/mol. The predicted octanol–water partition coefficient (Wildman–Crippen LogP) is 9.99. The highest BCUT2D eigenvalue weighted by molar-refractivity contribution is 5.53. The number of nitrogens with one attached hydrogen (secondary N) is 2. The Labute approximate surface area is 246 Å². The minimum Gasteiger partial charge on any atom is -0.374 e. The Kier molecular flexibility index (Phi) is 11.4. The fourth-order valence-electron chi connectivity index (χ4n) is 3.84. The van der Waals surface area contributed by atoms with E-state index in [0.29, 0.717) is 47.0 Å². The van der Waals surface area contributed by atoms with Crippen LogP contribution in [0.2, 0.25) is 0 Å². The highest BCUT2D eigenvalue weighted by Gasteiger charge is 2.03. The Balaban J connectivity index is 1.26. The van der Waals surface area contributed by atoms with Crippen LogP contribution < -0.4 is 10.6 Å². The lowest BCUT2D eigenvalue weighted by Crippen LogP contribution is -2.17. The summed E-state index contributed by atoms with van der Waals surface area (Å²) in [5.74, 6) is 0. The number of rotatable bonds is 14. The van der Waals surface area contributed by atoms with Gasteiger partial charge in [-0.15, -0.1) is 0 Å². The maximum atomic E-state index is 9.87. The summed E-state index contributed by atoms with van der Waals surface area (Å²) in [5, 5.41) is 51.5. The second kappa shape index (κ2) is 15.8. The van der Waals surface area contributed by atoms with Crippen molar-refractivity contribution in [2.45, 2.75) is 52.0 Å². The van der Waals surface area contributed by atoms with Crippen molar-refractivity contribution in [1.82, 2.24) is 0 Å². The first kappa shape index (κ1) is 30.2. The fourth-order valence-corrected chi connectivity index (χ4v) is 3.84. The van der Waals surface area contributed by atoms with Crippen LogP contribution in [0, 0.1) is 0 Å². The molecule has 10 heteroatoms. The van der Waals surface area contributed by atoms with E-state index < -0.39 is 12.5 Å². The summed E-state index contributed by atoms with van der Waals surface area (Å²) in [7, 11) is 0. The topological polar surface area (TPSA) is 139 Å². The van der Waals surface area contributed by atoms with Gasteiger partial charge in [0.2, 0.25) is 0 Å². The molecule has 4 N–H and O–H groups in total. The molecule has 0 aliphatic rings. The molecule has 0 amide bonds. The van der Waals surface area contributed by atoms with Crippen LogP contribution in [0.5, 0.6) is 0 Å². The molecule has 2 unspecified atom stereocenters. The first-order chi connectivity index (χ1) is 20.5. The molecule has 0 aromatic heterocycles. The normalized spacial score (nSPS) is 13.1. The van der Waals surface area contributed by atoms with Crippen LogP contribution in [0.1, 0.15) is 39.5 Å². The summed E-state index contributed by atoms with van der Waals surface area (Å²) in [5.41, 5.74) is 5.88. The second-order valence-electron chi connectivity index (χ2n) is 9.62. The van der Waals surface area contributed by atoms with E-state index in [1.54, 1.807) is 0 Å². The number of benzene rings is 4. The summed E-state index contributed by atoms with van der Waals surface area (Å²) in [6.45, 7) is 4.06. The lowest BCUT2D eigenvalue weighted by molar-refractivity contribution is 0.191. The third-order valence-corrected chi connectivity index (χ3v) is 6.07. The molecule has 0 aliphatic heterocycles. The summed E-state index contributed by atoms with van der Waals surface area (Å²) in [6, 6.07) is 29.5. The van der Waals surface area contributed by atoms with Crippen LogP contribution in [-0.2, 0) is 0 Å². The van der Waals surface area contributed by atoms with Crippen molar-refractivity contribution in [2.75, 3.05) is 10.6 Å². The van der Waals surface area contributed by atoms with Crippen LogP contribution in [0.4, 0.5) is 45.5 Å². The standard InChI is InChI=1S/C32H36N8O2/c1-3-5-31(41)33-23-7-11-25(12-8-23)35-37-27-15-19-29(20-16-27)39-40-30-21-17-28(18-22-30)38-36-26-13-9-24(10-14-26)34-32(42)6-4-2/h7-22,31-34,41-42H,3-6H2,1-2H3.